The Labute approximate surface area is 113 Å². The largest absolute Gasteiger partial charge is 0.496 e. The van der Waals surface area contributed by atoms with Crippen molar-refractivity contribution in [2.75, 3.05) is 13.4 Å². The smallest absolute Gasteiger partial charge is 0.490 e. The number of aromatic nitrogens is 3. The van der Waals surface area contributed by atoms with E-state index in [1.165, 1.54) is 11.0 Å². The molecule has 1 aromatic carbocycles. The van der Waals surface area contributed by atoms with Crippen LogP contribution in [0.25, 0.3) is 0 Å². The average molecular weight is 280 g/mol. The van der Waals surface area contributed by atoms with Gasteiger partial charge in [-0.05, 0) is 28.9 Å². The monoisotopic (exact) mass is 280 g/mol. The summed E-state index contributed by atoms with van der Waals surface area (Å²) in [5, 5.41) is 14.3. The molecule has 0 aliphatic heterocycles. The number of hydrogen-bond donors (Lipinski definition) is 0. The Balaban J connectivity index is 2.20. The molecule has 1 heterocycles. The first kappa shape index (κ1) is 13.3. The highest BCUT2D eigenvalue weighted by atomic mass is 32.2. The van der Waals surface area contributed by atoms with Gasteiger partial charge >= 0.3 is 5.95 Å². The van der Waals surface area contributed by atoms with Crippen molar-refractivity contribution in [3.8, 4) is 5.75 Å². The van der Waals surface area contributed by atoms with Crippen LogP contribution in [-0.4, -0.2) is 33.1 Å². The van der Waals surface area contributed by atoms with Gasteiger partial charge in [-0.2, -0.15) is 4.68 Å². The van der Waals surface area contributed by atoms with Crippen LogP contribution >= 0.6 is 11.8 Å². The number of nitro groups is 1. The summed E-state index contributed by atoms with van der Waals surface area (Å²) in [5.41, 5.74) is 0.939. The zero-order valence-electron chi connectivity index (χ0n) is 10.4. The molecule has 0 saturated heterocycles. The summed E-state index contributed by atoms with van der Waals surface area (Å²) < 4.78 is 6.71. The Morgan fingerprint density at radius 3 is 2.89 bits per heavy atom. The average Bonchev–Trinajstić information content (AvgIpc) is 2.87. The van der Waals surface area contributed by atoms with E-state index < -0.39 is 10.9 Å². The van der Waals surface area contributed by atoms with Crippen LogP contribution in [0.2, 0.25) is 0 Å². The van der Waals surface area contributed by atoms with Gasteiger partial charge in [-0.25, -0.2) is 0 Å². The maximum atomic E-state index is 10.5. The van der Waals surface area contributed by atoms with Crippen molar-refractivity contribution in [2.45, 2.75) is 11.4 Å². The molecular formula is C11H12N4O3S. The fourth-order valence-electron chi connectivity index (χ4n) is 1.61. The molecule has 8 heteroatoms. The highest BCUT2D eigenvalue weighted by molar-refractivity contribution is 7.98. The summed E-state index contributed by atoms with van der Waals surface area (Å²) in [6.45, 7) is 0.409. The van der Waals surface area contributed by atoms with Gasteiger partial charge in [0.1, 0.15) is 5.75 Å². The van der Waals surface area contributed by atoms with Crippen LogP contribution in [0.4, 0.5) is 5.95 Å². The third-order valence-electron chi connectivity index (χ3n) is 2.48. The number of rotatable bonds is 5. The van der Waals surface area contributed by atoms with Gasteiger partial charge in [-0.1, -0.05) is 11.1 Å². The van der Waals surface area contributed by atoms with E-state index in [2.05, 4.69) is 10.1 Å². The minimum Gasteiger partial charge on any atom is -0.496 e. The first-order valence-electron chi connectivity index (χ1n) is 5.38. The Kier molecular flexibility index (Phi) is 4.00. The number of ether oxygens (including phenoxy) is 1. The highest BCUT2D eigenvalue weighted by Crippen LogP contribution is 2.28. The van der Waals surface area contributed by atoms with Gasteiger partial charge in [-0.15, -0.1) is 11.8 Å². The van der Waals surface area contributed by atoms with Crippen molar-refractivity contribution in [1.82, 2.24) is 14.8 Å². The third-order valence-corrected chi connectivity index (χ3v) is 3.26. The number of nitrogens with zero attached hydrogens (tertiary/aromatic N) is 4. The molecule has 7 nitrogen and oxygen atoms in total. The highest BCUT2D eigenvalue weighted by Gasteiger charge is 2.13. The summed E-state index contributed by atoms with van der Waals surface area (Å²) >= 11 is 1.59. The lowest BCUT2D eigenvalue weighted by atomic mass is 10.2. The van der Waals surface area contributed by atoms with E-state index in [0.717, 1.165) is 16.2 Å². The van der Waals surface area contributed by atoms with E-state index in [1.54, 1.807) is 18.9 Å². The molecule has 0 radical (unpaired) electrons. The second-order valence-corrected chi connectivity index (χ2v) is 4.54. The van der Waals surface area contributed by atoms with Crippen molar-refractivity contribution in [3.05, 3.63) is 40.2 Å². The van der Waals surface area contributed by atoms with Crippen molar-refractivity contribution in [1.29, 1.82) is 0 Å². The van der Waals surface area contributed by atoms with Gasteiger partial charge < -0.3 is 14.9 Å². The van der Waals surface area contributed by atoms with E-state index >= 15 is 0 Å². The Morgan fingerprint density at radius 2 is 2.32 bits per heavy atom. The van der Waals surface area contributed by atoms with Gasteiger partial charge in [0.05, 0.1) is 13.7 Å². The lowest BCUT2D eigenvalue weighted by Crippen LogP contribution is -2.01. The van der Waals surface area contributed by atoms with Gasteiger partial charge in [-0.3, -0.25) is 0 Å². The lowest BCUT2D eigenvalue weighted by molar-refractivity contribution is -0.394. The van der Waals surface area contributed by atoms with Gasteiger partial charge in [0.15, 0.2) is 0 Å². The molecule has 0 fully saturated rings. The van der Waals surface area contributed by atoms with Crippen molar-refractivity contribution < 1.29 is 9.66 Å². The van der Waals surface area contributed by atoms with E-state index in [4.69, 9.17) is 4.74 Å². The summed E-state index contributed by atoms with van der Waals surface area (Å²) in [7, 11) is 1.61. The molecule has 0 aliphatic carbocycles. The number of benzene rings is 1. The van der Waals surface area contributed by atoms with E-state index in [1.807, 2.05) is 24.5 Å². The second-order valence-electron chi connectivity index (χ2n) is 3.69. The van der Waals surface area contributed by atoms with Crippen LogP contribution in [0.1, 0.15) is 5.56 Å². The molecular weight excluding hydrogens is 268 g/mol. The maximum absolute atomic E-state index is 10.5. The predicted molar refractivity (Wildman–Crippen MR) is 70.6 cm³/mol. The Morgan fingerprint density at radius 1 is 1.53 bits per heavy atom. The molecule has 100 valence electrons. The lowest BCUT2D eigenvalue weighted by Gasteiger charge is -2.07. The van der Waals surface area contributed by atoms with Gasteiger partial charge in [0, 0.05) is 9.99 Å². The molecule has 19 heavy (non-hydrogen) atoms. The Hall–Kier alpha value is -2.09. The van der Waals surface area contributed by atoms with Crippen molar-refractivity contribution in [2.24, 2.45) is 0 Å². The van der Waals surface area contributed by atoms with Crippen LogP contribution in [0.15, 0.2) is 29.4 Å². The molecule has 0 atom stereocenters. The second kappa shape index (κ2) is 5.70. The fourth-order valence-corrected chi connectivity index (χ4v) is 2.16. The standard InChI is InChI=1S/C11H12N4O3S/c1-18-9-5-8(3-4-10(9)19-2)6-14-7-12-11(13-14)15(16)17/h3-5,7H,6H2,1-2H3. The molecule has 0 unspecified atom stereocenters. The van der Waals surface area contributed by atoms with Crippen molar-refractivity contribution >= 4 is 17.7 Å². The number of hydrogen-bond acceptors (Lipinski definition) is 6. The van der Waals surface area contributed by atoms with E-state index in [0.29, 0.717) is 6.54 Å². The molecule has 0 bridgehead atoms. The molecule has 0 aliphatic rings. The SMILES string of the molecule is COc1cc(Cn2cnc([N+](=O)[O-])n2)ccc1SC. The van der Waals surface area contributed by atoms with Crippen LogP contribution in [0.3, 0.4) is 0 Å². The molecule has 0 saturated carbocycles. The van der Waals surface area contributed by atoms with Crippen LogP contribution < -0.4 is 4.74 Å². The number of methoxy groups -OCH3 is 1. The minimum atomic E-state index is -0.617. The van der Waals surface area contributed by atoms with E-state index in [-0.39, 0.29) is 0 Å². The van der Waals surface area contributed by atoms with E-state index in [9.17, 15) is 10.1 Å². The predicted octanol–water partition coefficient (Wildman–Crippen LogP) is 1.97. The molecule has 0 N–H and O–H groups in total. The summed E-state index contributed by atoms with van der Waals surface area (Å²) in [6.07, 6.45) is 3.31. The van der Waals surface area contributed by atoms with Crippen LogP contribution in [0, 0.1) is 10.1 Å². The third kappa shape index (κ3) is 3.02. The minimum absolute atomic E-state index is 0.396. The first-order valence-corrected chi connectivity index (χ1v) is 6.61. The van der Waals surface area contributed by atoms with Crippen LogP contribution in [-0.2, 0) is 6.54 Å². The zero-order chi connectivity index (χ0) is 13.8. The molecule has 2 rings (SSSR count). The fraction of sp³-hybridized carbons (Fsp3) is 0.273. The van der Waals surface area contributed by atoms with Gasteiger partial charge in [0.25, 0.3) is 0 Å². The van der Waals surface area contributed by atoms with Gasteiger partial charge in [0.2, 0.25) is 6.33 Å². The Bertz CT molecular complexity index is 599. The summed E-state index contributed by atoms with van der Waals surface area (Å²) in [4.78, 5) is 14.5. The summed E-state index contributed by atoms with van der Waals surface area (Å²) in [5.74, 6) is 0.382. The zero-order valence-corrected chi connectivity index (χ0v) is 11.3. The molecule has 0 spiro atoms. The summed E-state index contributed by atoms with van der Waals surface area (Å²) in [6, 6.07) is 5.77. The van der Waals surface area contributed by atoms with Crippen LogP contribution in [0.5, 0.6) is 5.75 Å². The quantitative estimate of drug-likeness (QED) is 0.473. The number of thioether (sulfide) groups is 1. The van der Waals surface area contributed by atoms with Crippen molar-refractivity contribution in [3.63, 3.8) is 0 Å². The normalized spacial score (nSPS) is 10.4. The first-order chi connectivity index (χ1) is 9.13. The molecule has 1 aromatic heterocycles. The molecule has 0 amide bonds. The maximum Gasteiger partial charge on any atom is 0.490 e. The topological polar surface area (TPSA) is 83.1 Å². The molecule has 2 aromatic rings.